The number of rotatable bonds is 11. The van der Waals surface area contributed by atoms with Gasteiger partial charge in [-0.3, -0.25) is 0 Å². The smallest absolute Gasteiger partial charge is 0.0620 e. The van der Waals surface area contributed by atoms with Crippen molar-refractivity contribution in [3.8, 4) is 11.1 Å². The Kier molecular flexibility index (Phi) is 17.1. The maximum Gasteiger partial charge on any atom is 0.111 e. The van der Waals surface area contributed by atoms with Crippen LogP contribution in [0.3, 0.4) is 0 Å². The minimum absolute atomic E-state index is 0.0601. The van der Waals surface area contributed by atoms with Gasteiger partial charge < -0.3 is 5.73 Å². The number of fused-ring (bicyclic) bond motifs is 2. The van der Waals surface area contributed by atoms with Crippen LogP contribution < -0.4 is 42.4 Å². The van der Waals surface area contributed by atoms with Crippen LogP contribution in [0.4, 0.5) is 0 Å². The Morgan fingerprint density at radius 3 is 1.03 bits per heavy atom. The van der Waals surface area contributed by atoms with Crippen LogP contribution in [0.2, 0.25) is 0 Å². The molecule has 11 rings (SSSR count). The molecule has 0 amide bonds. The molecule has 10 aromatic carbocycles. The molecule has 6 heteroatoms. The second-order valence-electron chi connectivity index (χ2n) is 17.8. The number of halogens is 1. The second kappa shape index (κ2) is 24.1. The standard InChI is InChI=1S/C44H32P2.C19H23NP.ClH.Ru/c1-5-19-35(20-6-1)45(36-21-7-2-8-22-36)41-31-29-33-17-13-15-27-39(33)43(41)44-40-28-16-14-18-34(40)30-32-42(44)46(37-23-9-3-10-24-37)38-25-11-4-12-26-38;1-15(20)18-13-8-14-19(18)21(16-9-4-2-5-10-16)17-11-6-3-7-12-17;;/h1-32H;2-7,9-12,15,18-20H,8,13-14H2,1H3;1H;/q;-1;;+2/p+2. The van der Waals surface area contributed by atoms with Crippen molar-refractivity contribution in [3.05, 3.63) is 261 Å². The summed E-state index contributed by atoms with van der Waals surface area (Å²) in [6, 6.07) is 94.3. The van der Waals surface area contributed by atoms with Gasteiger partial charge in [0.15, 0.2) is 0 Å². The average Bonchev–Trinajstić information content (AvgIpc) is 3.92. The summed E-state index contributed by atoms with van der Waals surface area (Å²) >= 11 is 1.82. The van der Waals surface area contributed by atoms with E-state index in [9.17, 15) is 0 Å². The molecule has 69 heavy (non-hydrogen) atoms. The molecule has 342 valence electrons. The number of nitrogens with one attached hydrogen (secondary N) is 1. The fraction of sp³-hybridized carbons (Fsp3) is 0.111. The molecule has 0 heterocycles. The maximum atomic E-state index is 8.24. The number of hydrogen-bond acceptors (Lipinski definition) is 0. The SMILES string of the molecule is CC([NH-])C1CCCC1[PH+](c1ccccc1)c1ccccc1.[Cl][Ru+].c1ccc([PH+](c2ccccc2)c2ccc3ccccc3c2-c2c([PH+](c3ccccc3)c3ccccc3)ccc3ccccc23)cc1. The summed E-state index contributed by atoms with van der Waals surface area (Å²) in [6.07, 6.45) is 3.83. The van der Waals surface area contributed by atoms with Crippen LogP contribution in [0.1, 0.15) is 26.2 Å². The Hall–Kier alpha value is -5.12. The maximum absolute atomic E-state index is 8.24. The van der Waals surface area contributed by atoms with E-state index in [-0.39, 0.29) is 6.04 Å². The van der Waals surface area contributed by atoms with Gasteiger partial charge in [-0.05, 0) is 132 Å². The molecule has 3 unspecified atom stereocenters. The summed E-state index contributed by atoms with van der Waals surface area (Å²) in [4.78, 5) is 0. The molecule has 0 bridgehead atoms. The molecule has 0 aliphatic heterocycles. The van der Waals surface area contributed by atoms with E-state index in [1.54, 1.807) is 0 Å². The molecule has 0 radical (unpaired) electrons. The summed E-state index contributed by atoms with van der Waals surface area (Å²) in [5, 5.41) is 16.6. The molecule has 1 nitrogen and oxygen atoms in total. The normalized spacial score (nSPS) is 14.8. The monoisotopic (exact) mass is 1060 g/mol. The van der Waals surface area contributed by atoms with Crippen LogP contribution in [0.5, 0.6) is 0 Å². The molecule has 1 saturated carbocycles. The van der Waals surface area contributed by atoms with Crippen molar-refractivity contribution < 1.29 is 17.3 Å². The van der Waals surface area contributed by atoms with Crippen molar-refractivity contribution in [2.45, 2.75) is 37.9 Å². The summed E-state index contributed by atoms with van der Waals surface area (Å²) in [6.45, 7) is 2.08. The Morgan fingerprint density at radius 2 is 0.696 bits per heavy atom. The Morgan fingerprint density at radius 1 is 0.391 bits per heavy atom. The first-order chi connectivity index (χ1) is 34.1. The zero-order chi connectivity index (χ0) is 47.4. The molecule has 0 saturated heterocycles. The van der Waals surface area contributed by atoms with Crippen molar-refractivity contribution in [2.75, 3.05) is 0 Å². The first-order valence-corrected chi connectivity index (χ1v) is 30.8. The van der Waals surface area contributed by atoms with E-state index in [0.29, 0.717) is 11.6 Å². The Bertz CT molecular complexity index is 2880. The number of hydrogen-bond donors (Lipinski definition) is 0. The third-order valence-corrected chi connectivity index (χ3v) is 22.6. The molecule has 1 aliphatic carbocycles. The van der Waals surface area contributed by atoms with Crippen molar-refractivity contribution in [3.63, 3.8) is 0 Å². The topological polar surface area (TPSA) is 23.8 Å². The molecule has 1 N–H and O–H groups in total. The molecule has 1 aliphatic rings. The zero-order valence-corrected chi connectivity index (χ0v) is 44.3. The van der Waals surface area contributed by atoms with Crippen molar-refractivity contribution in [1.82, 2.24) is 0 Å². The molecular weight excluding hydrogens is 1000 g/mol. The van der Waals surface area contributed by atoms with E-state index >= 15 is 0 Å². The molecule has 1 fully saturated rings. The summed E-state index contributed by atoms with van der Waals surface area (Å²) < 4.78 is 0. The molecule has 10 aromatic rings. The fourth-order valence-corrected chi connectivity index (χ4v) is 19.9. The molecule has 3 atom stereocenters. The van der Waals surface area contributed by atoms with Crippen LogP contribution in [-0.2, 0) is 17.3 Å². The van der Waals surface area contributed by atoms with Crippen LogP contribution in [0.15, 0.2) is 255 Å². The van der Waals surface area contributed by atoms with Gasteiger partial charge in [-0.1, -0.05) is 177 Å². The molecule has 0 spiro atoms. The first-order valence-electron chi connectivity index (χ1n) is 24.0. The van der Waals surface area contributed by atoms with E-state index in [2.05, 4.69) is 271 Å². The van der Waals surface area contributed by atoms with Gasteiger partial charge in [0.1, 0.15) is 31.8 Å². The molecule has 0 aromatic heterocycles. The predicted molar refractivity (Wildman–Crippen MR) is 308 cm³/mol. The zero-order valence-electron chi connectivity index (χ0n) is 38.8. The van der Waals surface area contributed by atoms with E-state index in [1.165, 1.54) is 94.4 Å². The minimum atomic E-state index is -1.37. The fourth-order valence-electron chi connectivity index (χ4n) is 10.6. The third kappa shape index (κ3) is 11.1. The van der Waals surface area contributed by atoms with Crippen molar-refractivity contribution in [1.29, 1.82) is 0 Å². The van der Waals surface area contributed by atoms with Gasteiger partial charge in [-0.25, -0.2) is 0 Å². The van der Waals surface area contributed by atoms with E-state index in [1.807, 2.05) is 17.3 Å². The summed E-state index contributed by atoms with van der Waals surface area (Å²) in [5.74, 6) is 0.569. The van der Waals surface area contributed by atoms with E-state index in [4.69, 9.17) is 5.73 Å². The third-order valence-electron chi connectivity index (χ3n) is 13.6. The predicted octanol–water partition coefficient (Wildman–Crippen LogP) is 13.8. The Balaban J connectivity index is 0.000000215. The second-order valence-corrected chi connectivity index (χ2v) is 25.4. The summed E-state index contributed by atoms with van der Waals surface area (Å²) in [5.41, 5.74) is 11.7. The number of benzene rings is 10. The van der Waals surface area contributed by atoms with Crippen molar-refractivity contribution in [2.24, 2.45) is 5.92 Å². The van der Waals surface area contributed by atoms with Gasteiger partial charge in [0.05, 0.1) is 40.0 Å². The van der Waals surface area contributed by atoms with Crippen LogP contribution in [0, 0.1) is 5.92 Å². The quantitative estimate of drug-likeness (QED) is 0.0911. The van der Waals surface area contributed by atoms with Gasteiger partial charge in [0.2, 0.25) is 0 Å². The summed E-state index contributed by atoms with van der Waals surface area (Å²) in [7, 11) is 1.04. The minimum Gasteiger partial charge on any atom is -0.0620 e. The van der Waals surface area contributed by atoms with Crippen LogP contribution >= 0.6 is 33.5 Å². The van der Waals surface area contributed by atoms with E-state index < -0.39 is 23.8 Å². The van der Waals surface area contributed by atoms with Gasteiger partial charge in [-0.2, -0.15) is 0 Å². The van der Waals surface area contributed by atoms with Gasteiger partial charge in [0, 0.05) is 11.1 Å². The Labute approximate surface area is 427 Å². The van der Waals surface area contributed by atoms with Crippen LogP contribution in [0.25, 0.3) is 38.4 Å². The first kappa shape index (κ1) is 48.9. The van der Waals surface area contributed by atoms with Gasteiger partial charge >= 0.3 is 27.0 Å². The van der Waals surface area contributed by atoms with Gasteiger partial charge in [0.25, 0.3) is 0 Å². The van der Waals surface area contributed by atoms with E-state index in [0.717, 1.165) is 0 Å². The average molecular weight is 1060 g/mol. The van der Waals surface area contributed by atoms with Gasteiger partial charge in [-0.15, -0.1) is 6.04 Å². The van der Waals surface area contributed by atoms with Crippen molar-refractivity contribution >= 4 is 97.4 Å². The molecular formula is C63H58ClNP3Ru+3. The largest absolute Gasteiger partial charge is 0.111 e. The van der Waals surface area contributed by atoms with Crippen LogP contribution in [-0.4, -0.2) is 11.7 Å².